The van der Waals surface area contributed by atoms with E-state index < -0.39 is 16.6 Å². The number of carbonyl (C=O) groups excluding carboxylic acids is 1. The zero-order valence-electron chi connectivity index (χ0n) is 11.5. The van der Waals surface area contributed by atoms with Gasteiger partial charge in [-0.25, -0.2) is 0 Å². The molecule has 1 amide bonds. The van der Waals surface area contributed by atoms with Gasteiger partial charge in [0.05, 0.1) is 14.2 Å². The minimum absolute atomic E-state index is 0.0181. The third kappa shape index (κ3) is 3.01. The van der Waals surface area contributed by atoms with E-state index in [4.69, 9.17) is 9.47 Å². The molecule has 2 rings (SSSR count). The van der Waals surface area contributed by atoms with Crippen LogP contribution in [0, 0.1) is 10.1 Å². The Kier molecular flexibility index (Phi) is 4.61. The molecule has 1 heterocycles. The lowest BCUT2D eigenvalue weighted by Crippen LogP contribution is -2.13. The summed E-state index contributed by atoms with van der Waals surface area (Å²) in [6.45, 7) is 0. The summed E-state index contributed by atoms with van der Waals surface area (Å²) in [6, 6.07) is 4.79. The smallest absolute Gasteiger partial charge is 0.357 e. The van der Waals surface area contributed by atoms with Gasteiger partial charge in [-0.2, -0.15) is 0 Å². The van der Waals surface area contributed by atoms with E-state index in [1.54, 1.807) is 18.2 Å². The van der Waals surface area contributed by atoms with Crippen LogP contribution in [-0.2, 0) is 0 Å². The first-order chi connectivity index (χ1) is 10.5. The van der Waals surface area contributed by atoms with Crippen molar-refractivity contribution in [3.05, 3.63) is 38.5 Å². The Bertz CT molecular complexity index is 730. The number of carbonyl (C=O) groups is 1. The molecule has 0 aliphatic rings. The van der Waals surface area contributed by atoms with Gasteiger partial charge in [-0.1, -0.05) is 5.10 Å². The standard InChI is InChI=1S/C12H11BrN4O5/c1-21-7-4-3-6(5-8(7)22-2)14-12(18)10-9(13)11(16-15-10)17(19)20/h3-5H,1-2H3,(H,14,18)(H,15,16). The summed E-state index contributed by atoms with van der Waals surface area (Å²) >= 11 is 2.98. The van der Waals surface area contributed by atoms with E-state index in [2.05, 4.69) is 31.4 Å². The highest BCUT2D eigenvalue weighted by molar-refractivity contribution is 9.10. The fourth-order valence-electron chi connectivity index (χ4n) is 1.69. The molecular weight excluding hydrogens is 360 g/mol. The van der Waals surface area contributed by atoms with Gasteiger partial charge in [0, 0.05) is 11.8 Å². The number of nitrogens with one attached hydrogen (secondary N) is 2. The highest BCUT2D eigenvalue weighted by atomic mass is 79.9. The second-order valence-electron chi connectivity index (χ2n) is 4.02. The van der Waals surface area contributed by atoms with Crippen LogP contribution < -0.4 is 14.8 Å². The molecule has 0 saturated carbocycles. The molecule has 10 heteroatoms. The number of anilines is 1. The van der Waals surface area contributed by atoms with Crippen molar-refractivity contribution in [2.24, 2.45) is 0 Å². The number of hydrogen-bond donors (Lipinski definition) is 2. The Hall–Kier alpha value is -2.62. The third-order valence-electron chi connectivity index (χ3n) is 2.73. The lowest BCUT2D eigenvalue weighted by atomic mass is 10.2. The molecule has 0 aliphatic carbocycles. The van der Waals surface area contributed by atoms with Crippen LogP contribution in [0.3, 0.4) is 0 Å². The molecule has 116 valence electrons. The van der Waals surface area contributed by atoms with Gasteiger partial charge in [-0.15, -0.1) is 5.10 Å². The highest BCUT2D eigenvalue weighted by Crippen LogP contribution is 2.31. The van der Waals surface area contributed by atoms with Crippen molar-refractivity contribution in [3.8, 4) is 11.5 Å². The van der Waals surface area contributed by atoms with Crippen molar-refractivity contribution in [2.75, 3.05) is 19.5 Å². The number of amides is 1. The maximum atomic E-state index is 12.1. The molecule has 0 bridgehead atoms. The molecule has 0 aliphatic heterocycles. The lowest BCUT2D eigenvalue weighted by molar-refractivity contribution is -0.390. The van der Waals surface area contributed by atoms with Crippen LogP contribution in [0.1, 0.15) is 10.5 Å². The third-order valence-corrected chi connectivity index (χ3v) is 3.48. The van der Waals surface area contributed by atoms with Gasteiger partial charge in [-0.05, 0) is 33.0 Å². The van der Waals surface area contributed by atoms with Crippen molar-refractivity contribution >= 4 is 33.3 Å². The minimum atomic E-state index is -0.676. The topological polar surface area (TPSA) is 119 Å². The van der Waals surface area contributed by atoms with Crippen LogP contribution in [0.4, 0.5) is 11.5 Å². The summed E-state index contributed by atoms with van der Waals surface area (Å²) in [7, 11) is 2.97. The van der Waals surface area contributed by atoms with Crippen molar-refractivity contribution in [3.63, 3.8) is 0 Å². The molecule has 9 nitrogen and oxygen atoms in total. The maximum absolute atomic E-state index is 12.1. The Morgan fingerprint density at radius 3 is 2.59 bits per heavy atom. The lowest BCUT2D eigenvalue weighted by Gasteiger charge is -2.09. The van der Waals surface area contributed by atoms with Crippen molar-refractivity contribution in [1.29, 1.82) is 0 Å². The first kappa shape index (κ1) is 15.8. The number of aromatic amines is 1. The Labute approximate surface area is 132 Å². The van der Waals surface area contributed by atoms with Gasteiger partial charge >= 0.3 is 5.82 Å². The maximum Gasteiger partial charge on any atom is 0.357 e. The first-order valence-corrected chi connectivity index (χ1v) is 6.68. The van der Waals surface area contributed by atoms with Crippen LogP contribution in [0.2, 0.25) is 0 Å². The number of nitrogens with zero attached hydrogens (tertiary/aromatic N) is 2. The Morgan fingerprint density at radius 1 is 1.36 bits per heavy atom. The van der Waals surface area contributed by atoms with Crippen LogP contribution in [-0.4, -0.2) is 35.2 Å². The number of hydrogen-bond acceptors (Lipinski definition) is 6. The van der Waals surface area contributed by atoms with E-state index >= 15 is 0 Å². The van der Waals surface area contributed by atoms with Gasteiger partial charge in [0.15, 0.2) is 17.2 Å². The van der Waals surface area contributed by atoms with E-state index in [0.29, 0.717) is 17.2 Å². The largest absolute Gasteiger partial charge is 0.493 e. The second kappa shape index (κ2) is 6.43. The number of nitro groups is 1. The number of halogens is 1. The summed E-state index contributed by atoms with van der Waals surface area (Å²) in [5, 5.41) is 19.1. The zero-order chi connectivity index (χ0) is 16.3. The fraction of sp³-hybridized carbons (Fsp3) is 0.167. The van der Waals surface area contributed by atoms with Crippen molar-refractivity contribution in [2.45, 2.75) is 0 Å². The number of aromatic nitrogens is 2. The molecule has 2 N–H and O–H groups in total. The molecule has 2 aromatic rings. The molecule has 22 heavy (non-hydrogen) atoms. The Balaban J connectivity index is 2.24. The molecule has 0 atom stereocenters. The predicted molar refractivity (Wildman–Crippen MR) is 80.4 cm³/mol. The number of benzene rings is 1. The summed E-state index contributed by atoms with van der Waals surface area (Å²) in [6.07, 6.45) is 0. The average molecular weight is 371 g/mol. The van der Waals surface area contributed by atoms with Gasteiger partial charge in [0.2, 0.25) is 0 Å². The summed E-state index contributed by atoms with van der Waals surface area (Å²) in [5.74, 6) is -0.0506. The first-order valence-electron chi connectivity index (χ1n) is 5.89. The van der Waals surface area contributed by atoms with Crippen LogP contribution in [0.25, 0.3) is 0 Å². The molecule has 0 fully saturated rings. The van der Waals surface area contributed by atoms with Crippen LogP contribution >= 0.6 is 15.9 Å². The van der Waals surface area contributed by atoms with E-state index in [1.807, 2.05) is 0 Å². The molecule has 0 spiro atoms. The molecule has 0 saturated heterocycles. The Morgan fingerprint density at radius 2 is 2.05 bits per heavy atom. The number of methoxy groups -OCH3 is 2. The van der Waals surface area contributed by atoms with Gasteiger partial charge < -0.3 is 24.9 Å². The van der Waals surface area contributed by atoms with E-state index in [0.717, 1.165) is 0 Å². The normalized spacial score (nSPS) is 10.1. The second-order valence-corrected chi connectivity index (χ2v) is 4.81. The van der Waals surface area contributed by atoms with Crippen LogP contribution in [0.15, 0.2) is 22.7 Å². The molecule has 0 radical (unpaired) electrons. The number of ether oxygens (including phenoxy) is 2. The summed E-state index contributed by atoms with van der Waals surface area (Å²) in [4.78, 5) is 22.1. The molecule has 0 unspecified atom stereocenters. The van der Waals surface area contributed by atoms with Crippen molar-refractivity contribution < 1.29 is 19.2 Å². The SMILES string of the molecule is COc1ccc(NC(=O)c2n[nH]c([N+](=O)[O-])c2Br)cc1OC. The van der Waals surface area contributed by atoms with Gasteiger partial charge in [0.25, 0.3) is 5.91 Å². The monoisotopic (exact) mass is 370 g/mol. The summed E-state index contributed by atoms with van der Waals surface area (Å²) < 4.78 is 10.2. The fourth-order valence-corrected chi connectivity index (χ4v) is 2.20. The van der Waals surface area contributed by atoms with E-state index in [9.17, 15) is 14.9 Å². The minimum Gasteiger partial charge on any atom is -0.493 e. The zero-order valence-corrected chi connectivity index (χ0v) is 13.1. The van der Waals surface area contributed by atoms with E-state index in [1.165, 1.54) is 14.2 Å². The molecule has 1 aromatic heterocycles. The van der Waals surface area contributed by atoms with Crippen molar-refractivity contribution in [1.82, 2.24) is 10.2 Å². The highest BCUT2D eigenvalue weighted by Gasteiger charge is 2.24. The van der Waals surface area contributed by atoms with Gasteiger partial charge in [0.1, 0.15) is 4.47 Å². The quantitative estimate of drug-likeness (QED) is 0.615. The number of H-pyrrole nitrogens is 1. The molecular formula is C12H11BrN4O5. The molecule has 1 aromatic carbocycles. The van der Waals surface area contributed by atoms with Gasteiger partial charge in [-0.3, -0.25) is 4.79 Å². The predicted octanol–water partition coefficient (Wildman–Crippen LogP) is 2.35. The van der Waals surface area contributed by atoms with E-state index in [-0.39, 0.29) is 10.2 Å². The van der Waals surface area contributed by atoms with Crippen LogP contribution in [0.5, 0.6) is 11.5 Å². The summed E-state index contributed by atoms with van der Waals surface area (Å²) in [5.41, 5.74) is 0.307. The average Bonchev–Trinajstić information content (AvgIpc) is 2.89. The number of rotatable bonds is 5.